The quantitative estimate of drug-likeness (QED) is 0.650. The molecule has 0 spiro atoms. The standard InChI is InChI=1S/C18H26N2O6/c1-5-12(4)19-18(23)20-16(21)11-26-17(22)13-8-9-14(24-6-2)15(10-13)25-7-3/h8-10,12H,5-7,11H2,1-4H3,(H2,19,20,21,23)/t12-/m0/s1. The second kappa shape index (κ2) is 11.0. The van der Waals surface area contributed by atoms with E-state index in [1.807, 2.05) is 27.7 Å². The lowest BCUT2D eigenvalue weighted by Gasteiger charge is -2.13. The monoisotopic (exact) mass is 366 g/mol. The average Bonchev–Trinajstić information content (AvgIpc) is 2.61. The number of amides is 3. The molecular formula is C18H26N2O6. The van der Waals surface area contributed by atoms with Crippen molar-refractivity contribution in [2.24, 2.45) is 0 Å². The van der Waals surface area contributed by atoms with E-state index in [4.69, 9.17) is 14.2 Å². The molecule has 0 saturated heterocycles. The molecule has 0 aliphatic carbocycles. The highest BCUT2D eigenvalue weighted by atomic mass is 16.5. The molecule has 8 nitrogen and oxygen atoms in total. The zero-order chi connectivity index (χ0) is 19.5. The molecule has 0 aliphatic heterocycles. The Morgan fingerprint density at radius 3 is 2.31 bits per heavy atom. The minimum Gasteiger partial charge on any atom is -0.490 e. The van der Waals surface area contributed by atoms with Gasteiger partial charge in [-0.05, 0) is 45.4 Å². The number of hydrogen-bond acceptors (Lipinski definition) is 6. The van der Waals surface area contributed by atoms with Gasteiger partial charge in [-0.2, -0.15) is 0 Å². The first kappa shape index (κ1) is 21.3. The van der Waals surface area contributed by atoms with E-state index in [9.17, 15) is 14.4 Å². The molecule has 0 aliphatic rings. The van der Waals surface area contributed by atoms with Gasteiger partial charge in [0.2, 0.25) is 0 Å². The molecule has 8 heteroatoms. The first-order valence-corrected chi connectivity index (χ1v) is 8.58. The molecule has 1 rings (SSSR count). The van der Waals surface area contributed by atoms with Crippen LogP contribution in [0.4, 0.5) is 4.79 Å². The largest absolute Gasteiger partial charge is 0.490 e. The number of nitrogens with one attached hydrogen (secondary N) is 2. The minimum atomic E-state index is -0.713. The van der Waals surface area contributed by atoms with Crippen LogP contribution < -0.4 is 20.1 Å². The maximum atomic E-state index is 12.1. The molecule has 0 radical (unpaired) electrons. The van der Waals surface area contributed by atoms with Crippen LogP contribution >= 0.6 is 0 Å². The number of esters is 1. The van der Waals surface area contributed by atoms with Crippen molar-refractivity contribution >= 4 is 17.9 Å². The highest BCUT2D eigenvalue weighted by Crippen LogP contribution is 2.28. The summed E-state index contributed by atoms with van der Waals surface area (Å²) in [6.07, 6.45) is 0.733. The predicted octanol–water partition coefficient (Wildman–Crippen LogP) is 2.27. The second-order valence-electron chi connectivity index (χ2n) is 5.43. The number of carbonyl (C=O) groups is 3. The third-order valence-electron chi connectivity index (χ3n) is 3.36. The number of benzene rings is 1. The van der Waals surface area contributed by atoms with Crippen LogP contribution in [0.1, 0.15) is 44.5 Å². The maximum Gasteiger partial charge on any atom is 0.338 e. The number of rotatable bonds is 9. The lowest BCUT2D eigenvalue weighted by molar-refractivity contribution is -0.123. The number of urea groups is 1. The van der Waals surface area contributed by atoms with Crippen molar-refractivity contribution in [1.29, 1.82) is 0 Å². The molecule has 1 atom stereocenters. The average molecular weight is 366 g/mol. The first-order chi connectivity index (χ1) is 12.4. The molecule has 0 saturated carbocycles. The van der Waals surface area contributed by atoms with Gasteiger partial charge in [0.05, 0.1) is 18.8 Å². The van der Waals surface area contributed by atoms with E-state index in [2.05, 4.69) is 10.6 Å². The van der Waals surface area contributed by atoms with Gasteiger partial charge in [-0.25, -0.2) is 9.59 Å². The third kappa shape index (κ3) is 7.00. The Bertz CT molecular complexity index is 632. The lowest BCUT2D eigenvalue weighted by atomic mass is 10.2. The van der Waals surface area contributed by atoms with Gasteiger partial charge in [0.1, 0.15) is 0 Å². The van der Waals surface area contributed by atoms with Gasteiger partial charge in [0, 0.05) is 6.04 Å². The molecular weight excluding hydrogens is 340 g/mol. The summed E-state index contributed by atoms with van der Waals surface area (Å²) in [5, 5.41) is 4.68. The fourth-order valence-electron chi connectivity index (χ4n) is 1.92. The fraction of sp³-hybridized carbons (Fsp3) is 0.500. The molecule has 0 unspecified atom stereocenters. The lowest BCUT2D eigenvalue weighted by Crippen LogP contribution is -2.44. The van der Waals surface area contributed by atoms with Gasteiger partial charge in [-0.3, -0.25) is 10.1 Å². The summed E-state index contributed by atoms with van der Waals surface area (Å²) in [6.45, 7) is 7.68. The van der Waals surface area contributed by atoms with Crippen LogP contribution in [0.25, 0.3) is 0 Å². The highest BCUT2D eigenvalue weighted by Gasteiger charge is 2.15. The van der Waals surface area contributed by atoms with Crippen molar-refractivity contribution in [2.45, 2.75) is 40.2 Å². The van der Waals surface area contributed by atoms with E-state index in [-0.39, 0.29) is 11.6 Å². The van der Waals surface area contributed by atoms with Crippen LogP contribution in [0.15, 0.2) is 18.2 Å². The normalized spacial score (nSPS) is 11.2. The Balaban J connectivity index is 2.60. The molecule has 1 aromatic carbocycles. The van der Waals surface area contributed by atoms with Gasteiger partial charge in [0.15, 0.2) is 18.1 Å². The smallest absolute Gasteiger partial charge is 0.338 e. The fourth-order valence-corrected chi connectivity index (χ4v) is 1.92. The molecule has 0 fully saturated rings. The molecule has 0 bridgehead atoms. The maximum absolute atomic E-state index is 12.1. The van der Waals surface area contributed by atoms with E-state index < -0.39 is 24.5 Å². The van der Waals surface area contributed by atoms with Crippen LogP contribution in [0.2, 0.25) is 0 Å². The topological polar surface area (TPSA) is 103 Å². The summed E-state index contributed by atoms with van der Waals surface area (Å²) >= 11 is 0. The summed E-state index contributed by atoms with van der Waals surface area (Å²) in [4.78, 5) is 35.3. The van der Waals surface area contributed by atoms with Gasteiger partial charge < -0.3 is 19.5 Å². The van der Waals surface area contributed by atoms with E-state index >= 15 is 0 Å². The number of ether oxygens (including phenoxy) is 3. The van der Waals surface area contributed by atoms with Crippen LogP contribution in [0, 0.1) is 0 Å². The summed E-state index contributed by atoms with van der Waals surface area (Å²) in [5.74, 6) is -0.479. The molecule has 2 N–H and O–H groups in total. The number of carbonyl (C=O) groups excluding carboxylic acids is 3. The van der Waals surface area contributed by atoms with Crippen LogP contribution in [0.5, 0.6) is 11.5 Å². The Kier molecular flexibility index (Phi) is 8.97. The summed E-state index contributed by atoms with van der Waals surface area (Å²) < 4.78 is 15.8. The Hall–Kier alpha value is -2.77. The van der Waals surface area contributed by atoms with Crippen molar-refractivity contribution in [3.63, 3.8) is 0 Å². The molecule has 0 heterocycles. The van der Waals surface area contributed by atoms with Gasteiger partial charge in [-0.1, -0.05) is 6.92 Å². The Labute approximate surface area is 153 Å². The van der Waals surface area contributed by atoms with E-state index in [1.165, 1.54) is 12.1 Å². The predicted molar refractivity (Wildman–Crippen MR) is 95.5 cm³/mol. The van der Waals surface area contributed by atoms with E-state index in [0.717, 1.165) is 6.42 Å². The van der Waals surface area contributed by atoms with Crippen LogP contribution in [-0.4, -0.2) is 43.8 Å². The van der Waals surface area contributed by atoms with Crippen LogP contribution in [-0.2, 0) is 9.53 Å². The molecule has 0 aromatic heterocycles. The molecule has 26 heavy (non-hydrogen) atoms. The van der Waals surface area contributed by atoms with Crippen molar-refractivity contribution in [2.75, 3.05) is 19.8 Å². The number of imide groups is 1. The number of hydrogen-bond donors (Lipinski definition) is 2. The SMILES string of the molecule is CCOc1ccc(C(=O)OCC(=O)NC(=O)N[C@@H](C)CC)cc1OCC. The van der Waals surface area contributed by atoms with Gasteiger partial charge in [-0.15, -0.1) is 0 Å². The highest BCUT2D eigenvalue weighted by molar-refractivity contribution is 5.97. The third-order valence-corrected chi connectivity index (χ3v) is 3.36. The minimum absolute atomic E-state index is 0.0637. The Morgan fingerprint density at radius 2 is 1.69 bits per heavy atom. The van der Waals surface area contributed by atoms with E-state index in [1.54, 1.807) is 6.07 Å². The van der Waals surface area contributed by atoms with E-state index in [0.29, 0.717) is 24.7 Å². The van der Waals surface area contributed by atoms with Crippen molar-refractivity contribution in [1.82, 2.24) is 10.6 Å². The molecule has 1 aromatic rings. The van der Waals surface area contributed by atoms with Crippen molar-refractivity contribution in [3.8, 4) is 11.5 Å². The van der Waals surface area contributed by atoms with Gasteiger partial charge in [0.25, 0.3) is 5.91 Å². The van der Waals surface area contributed by atoms with Crippen molar-refractivity contribution < 1.29 is 28.6 Å². The molecule has 144 valence electrons. The molecule has 3 amide bonds. The van der Waals surface area contributed by atoms with Gasteiger partial charge >= 0.3 is 12.0 Å². The zero-order valence-corrected chi connectivity index (χ0v) is 15.6. The summed E-state index contributed by atoms with van der Waals surface area (Å²) in [6, 6.07) is 3.92. The Morgan fingerprint density at radius 1 is 1.04 bits per heavy atom. The second-order valence-corrected chi connectivity index (χ2v) is 5.43. The van der Waals surface area contributed by atoms with Crippen molar-refractivity contribution in [3.05, 3.63) is 23.8 Å². The summed E-state index contributed by atoms with van der Waals surface area (Å²) in [7, 11) is 0. The summed E-state index contributed by atoms with van der Waals surface area (Å²) in [5.41, 5.74) is 0.216. The zero-order valence-electron chi connectivity index (χ0n) is 15.6. The van der Waals surface area contributed by atoms with Crippen LogP contribution in [0.3, 0.4) is 0 Å². The first-order valence-electron chi connectivity index (χ1n) is 8.58.